The standard InChI is InChI=1S/C15H21N3O3/c1-10(2)15(21)18-7-4-12(5-8-18)17-14(20)11-3-6-16-13(19)9-11/h3,6,9-10,12H,4-5,7-8H2,1-2H3,(H,16,19)(H,17,20). The Balaban J connectivity index is 1.88. The summed E-state index contributed by atoms with van der Waals surface area (Å²) in [6, 6.07) is 2.91. The average Bonchev–Trinajstić information content (AvgIpc) is 2.47. The van der Waals surface area contributed by atoms with Gasteiger partial charge < -0.3 is 15.2 Å². The molecule has 1 aliphatic heterocycles. The summed E-state index contributed by atoms with van der Waals surface area (Å²) in [6.07, 6.45) is 2.95. The molecule has 0 saturated carbocycles. The summed E-state index contributed by atoms with van der Waals surface area (Å²) in [4.78, 5) is 39.4. The van der Waals surface area contributed by atoms with Crippen molar-refractivity contribution >= 4 is 11.8 Å². The molecule has 114 valence electrons. The van der Waals surface area contributed by atoms with Gasteiger partial charge in [-0.3, -0.25) is 14.4 Å². The van der Waals surface area contributed by atoms with Gasteiger partial charge in [-0.05, 0) is 18.9 Å². The van der Waals surface area contributed by atoms with E-state index in [1.807, 2.05) is 18.7 Å². The number of carbonyl (C=O) groups is 2. The van der Waals surface area contributed by atoms with Gasteiger partial charge in [-0.15, -0.1) is 0 Å². The second-order valence-corrected chi connectivity index (χ2v) is 5.67. The number of hydrogen-bond donors (Lipinski definition) is 2. The molecule has 1 aliphatic rings. The summed E-state index contributed by atoms with van der Waals surface area (Å²) in [7, 11) is 0. The van der Waals surface area contributed by atoms with E-state index in [1.54, 1.807) is 6.07 Å². The lowest BCUT2D eigenvalue weighted by Gasteiger charge is -2.33. The maximum absolute atomic E-state index is 12.0. The van der Waals surface area contributed by atoms with E-state index in [0.29, 0.717) is 18.7 Å². The largest absolute Gasteiger partial charge is 0.349 e. The van der Waals surface area contributed by atoms with Crippen molar-refractivity contribution in [2.75, 3.05) is 13.1 Å². The predicted molar refractivity (Wildman–Crippen MR) is 79.0 cm³/mol. The van der Waals surface area contributed by atoms with E-state index in [2.05, 4.69) is 10.3 Å². The number of aromatic amines is 1. The van der Waals surface area contributed by atoms with Crippen LogP contribution in [0.25, 0.3) is 0 Å². The number of piperidine rings is 1. The Morgan fingerprint density at radius 3 is 2.57 bits per heavy atom. The van der Waals surface area contributed by atoms with Gasteiger partial charge in [-0.1, -0.05) is 13.8 Å². The molecule has 0 atom stereocenters. The highest BCUT2D eigenvalue weighted by molar-refractivity contribution is 5.94. The van der Waals surface area contributed by atoms with Crippen molar-refractivity contribution < 1.29 is 9.59 Å². The molecule has 6 nitrogen and oxygen atoms in total. The Kier molecular flexibility index (Phi) is 4.77. The van der Waals surface area contributed by atoms with Crippen molar-refractivity contribution in [3.05, 3.63) is 34.2 Å². The van der Waals surface area contributed by atoms with E-state index in [1.165, 1.54) is 12.3 Å². The summed E-state index contributed by atoms with van der Waals surface area (Å²) in [5.41, 5.74) is 0.0689. The van der Waals surface area contributed by atoms with E-state index in [9.17, 15) is 14.4 Å². The van der Waals surface area contributed by atoms with Crippen molar-refractivity contribution in [2.24, 2.45) is 5.92 Å². The Hall–Kier alpha value is -2.11. The van der Waals surface area contributed by atoms with E-state index in [-0.39, 0.29) is 29.3 Å². The number of nitrogens with zero attached hydrogens (tertiary/aromatic N) is 1. The molecule has 0 radical (unpaired) electrons. The third-order valence-corrected chi connectivity index (χ3v) is 3.67. The molecule has 2 amide bonds. The SMILES string of the molecule is CC(C)C(=O)N1CCC(NC(=O)c2cc[nH]c(=O)c2)CC1. The lowest BCUT2D eigenvalue weighted by atomic mass is 10.0. The molecule has 2 heterocycles. The number of carbonyl (C=O) groups excluding carboxylic acids is 2. The summed E-state index contributed by atoms with van der Waals surface area (Å²) in [5, 5.41) is 2.92. The third kappa shape index (κ3) is 3.93. The molecule has 2 N–H and O–H groups in total. The molecule has 0 unspecified atom stereocenters. The maximum Gasteiger partial charge on any atom is 0.251 e. The zero-order valence-electron chi connectivity index (χ0n) is 12.4. The monoisotopic (exact) mass is 291 g/mol. The number of aromatic nitrogens is 1. The Morgan fingerprint density at radius 1 is 1.33 bits per heavy atom. The van der Waals surface area contributed by atoms with Gasteiger partial charge in [0, 0.05) is 42.9 Å². The van der Waals surface area contributed by atoms with Crippen LogP contribution in [0.4, 0.5) is 0 Å². The second-order valence-electron chi connectivity index (χ2n) is 5.67. The Morgan fingerprint density at radius 2 is 2.00 bits per heavy atom. The van der Waals surface area contributed by atoms with Gasteiger partial charge >= 0.3 is 0 Å². The molecule has 2 rings (SSSR count). The number of amides is 2. The third-order valence-electron chi connectivity index (χ3n) is 3.67. The van der Waals surface area contributed by atoms with Crippen LogP contribution in [0.5, 0.6) is 0 Å². The van der Waals surface area contributed by atoms with Crippen LogP contribution >= 0.6 is 0 Å². The number of likely N-dealkylation sites (tertiary alicyclic amines) is 1. The van der Waals surface area contributed by atoms with Crippen LogP contribution in [0, 0.1) is 5.92 Å². The Labute approximate surface area is 123 Å². The first-order chi connectivity index (χ1) is 9.97. The molecular weight excluding hydrogens is 270 g/mol. The summed E-state index contributed by atoms with van der Waals surface area (Å²) in [6.45, 7) is 5.11. The fraction of sp³-hybridized carbons (Fsp3) is 0.533. The summed E-state index contributed by atoms with van der Waals surface area (Å²) >= 11 is 0. The topological polar surface area (TPSA) is 82.3 Å². The van der Waals surface area contributed by atoms with Gasteiger partial charge in [-0.2, -0.15) is 0 Å². The number of H-pyrrole nitrogens is 1. The van der Waals surface area contributed by atoms with Crippen LogP contribution < -0.4 is 10.9 Å². The lowest BCUT2D eigenvalue weighted by Crippen LogP contribution is -2.47. The normalized spacial score (nSPS) is 16.0. The van der Waals surface area contributed by atoms with Crippen LogP contribution in [0.15, 0.2) is 23.1 Å². The van der Waals surface area contributed by atoms with Crippen LogP contribution in [0.3, 0.4) is 0 Å². The number of rotatable bonds is 3. The minimum atomic E-state index is -0.292. The lowest BCUT2D eigenvalue weighted by molar-refractivity contribution is -0.135. The van der Waals surface area contributed by atoms with Crippen molar-refractivity contribution in [1.29, 1.82) is 0 Å². The number of pyridine rings is 1. The predicted octanol–water partition coefficient (Wildman–Crippen LogP) is 0.752. The van der Waals surface area contributed by atoms with E-state index in [0.717, 1.165) is 12.8 Å². The van der Waals surface area contributed by atoms with Crippen molar-refractivity contribution in [3.63, 3.8) is 0 Å². The van der Waals surface area contributed by atoms with Crippen molar-refractivity contribution in [1.82, 2.24) is 15.2 Å². The molecule has 0 bridgehead atoms. The van der Waals surface area contributed by atoms with Gasteiger partial charge in [0.15, 0.2) is 0 Å². The highest BCUT2D eigenvalue weighted by atomic mass is 16.2. The highest BCUT2D eigenvalue weighted by Crippen LogP contribution is 2.13. The molecule has 1 saturated heterocycles. The van der Waals surface area contributed by atoms with E-state index < -0.39 is 0 Å². The van der Waals surface area contributed by atoms with Crippen LogP contribution in [-0.4, -0.2) is 40.8 Å². The first-order valence-corrected chi connectivity index (χ1v) is 7.26. The van der Waals surface area contributed by atoms with Crippen LogP contribution in [-0.2, 0) is 4.79 Å². The molecule has 1 aromatic heterocycles. The average molecular weight is 291 g/mol. The fourth-order valence-electron chi connectivity index (χ4n) is 2.46. The van der Waals surface area contributed by atoms with Crippen molar-refractivity contribution in [2.45, 2.75) is 32.7 Å². The quantitative estimate of drug-likeness (QED) is 0.862. The molecular formula is C15H21N3O3. The highest BCUT2D eigenvalue weighted by Gasteiger charge is 2.25. The van der Waals surface area contributed by atoms with E-state index >= 15 is 0 Å². The molecule has 6 heteroatoms. The minimum absolute atomic E-state index is 0.00665. The molecule has 0 spiro atoms. The van der Waals surface area contributed by atoms with Gasteiger partial charge in [-0.25, -0.2) is 0 Å². The molecule has 0 aromatic carbocycles. The molecule has 0 aliphatic carbocycles. The number of nitrogens with one attached hydrogen (secondary N) is 2. The summed E-state index contributed by atoms with van der Waals surface area (Å²) < 4.78 is 0. The van der Waals surface area contributed by atoms with Gasteiger partial charge in [0.1, 0.15) is 0 Å². The molecule has 21 heavy (non-hydrogen) atoms. The van der Waals surface area contributed by atoms with Crippen LogP contribution in [0.2, 0.25) is 0 Å². The first kappa shape index (κ1) is 15.3. The van der Waals surface area contributed by atoms with Gasteiger partial charge in [0.2, 0.25) is 11.5 Å². The summed E-state index contributed by atoms with van der Waals surface area (Å²) in [5.74, 6) is -0.0729. The van der Waals surface area contributed by atoms with Gasteiger partial charge in [0.05, 0.1) is 0 Å². The second kappa shape index (κ2) is 6.56. The van der Waals surface area contributed by atoms with Crippen molar-refractivity contribution in [3.8, 4) is 0 Å². The Bertz CT molecular complexity index is 572. The number of hydrogen-bond acceptors (Lipinski definition) is 3. The zero-order chi connectivity index (χ0) is 15.4. The fourth-order valence-corrected chi connectivity index (χ4v) is 2.46. The minimum Gasteiger partial charge on any atom is -0.349 e. The van der Waals surface area contributed by atoms with Gasteiger partial charge in [0.25, 0.3) is 5.91 Å². The smallest absolute Gasteiger partial charge is 0.251 e. The maximum atomic E-state index is 12.0. The zero-order valence-corrected chi connectivity index (χ0v) is 12.4. The van der Waals surface area contributed by atoms with Crippen LogP contribution in [0.1, 0.15) is 37.0 Å². The molecule has 1 aromatic rings. The van der Waals surface area contributed by atoms with E-state index in [4.69, 9.17) is 0 Å². The first-order valence-electron chi connectivity index (χ1n) is 7.26. The molecule has 1 fully saturated rings.